The zero-order chi connectivity index (χ0) is 12.5. The minimum Gasteiger partial charge on any atom is -0.493 e. The van der Waals surface area contributed by atoms with E-state index in [1.165, 1.54) is 12.1 Å². The molecule has 5 heteroatoms. The van der Waals surface area contributed by atoms with Crippen molar-refractivity contribution in [3.63, 3.8) is 0 Å². The summed E-state index contributed by atoms with van der Waals surface area (Å²) in [6, 6.07) is 4.29. The highest BCUT2D eigenvalue weighted by molar-refractivity contribution is 6.30. The van der Waals surface area contributed by atoms with E-state index in [2.05, 4.69) is 0 Å². The first kappa shape index (κ1) is 12.2. The molecule has 0 spiro atoms. The van der Waals surface area contributed by atoms with Crippen LogP contribution in [0.4, 0.5) is 4.39 Å². The quantitative estimate of drug-likeness (QED) is 0.629. The molecule has 1 aromatic carbocycles. The topological polar surface area (TPSA) is 59.1 Å². The lowest BCUT2D eigenvalue weighted by atomic mass is 10.0. The predicted octanol–water partition coefficient (Wildman–Crippen LogP) is 2.96. The first-order chi connectivity index (χ1) is 8.01. The van der Waals surface area contributed by atoms with Crippen molar-refractivity contribution in [1.29, 1.82) is 5.41 Å². The summed E-state index contributed by atoms with van der Waals surface area (Å²) in [6.07, 6.45) is 2.59. The zero-order valence-corrected chi connectivity index (χ0v) is 10.1. The van der Waals surface area contributed by atoms with Gasteiger partial charge in [0.25, 0.3) is 0 Å². The summed E-state index contributed by atoms with van der Waals surface area (Å²) >= 11 is 5.65. The van der Waals surface area contributed by atoms with E-state index >= 15 is 0 Å². The van der Waals surface area contributed by atoms with Gasteiger partial charge in [-0.2, -0.15) is 0 Å². The Hall–Kier alpha value is -1.29. The van der Waals surface area contributed by atoms with Gasteiger partial charge < -0.3 is 10.5 Å². The van der Waals surface area contributed by atoms with Gasteiger partial charge in [-0.15, -0.1) is 0 Å². The van der Waals surface area contributed by atoms with Gasteiger partial charge in [0.15, 0.2) is 0 Å². The summed E-state index contributed by atoms with van der Waals surface area (Å²) in [6.45, 7) is 0.495. The van der Waals surface area contributed by atoms with Crippen LogP contribution in [0.3, 0.4) is 0 Å². The van der Waals surface area contributed by atoms with Crippen LogP contribution >= 0.6 is 11.6 Å². The fourth-order valence-corrected chi connectivity index (χ4v) is 1.93. The van der Waals surface area contributed by atoms with Crippen LogP contribution in [0.1, 0.15) is 19.3 Å². The highest BCUT2D eigenvalue weighted by Gasteiger charge is 2.43. The van der Waals surface area contributed by atoms with E-state index in [9.17, 15) is 4.39 Å². The molecule has 1 aliphatic rings. The highest BCUT2D eigenvalue weighted by Crippen LogP contribution is 2.48. The molecule has 0 radical (unpaired) electrons. The first-order valence-electron chi connectivity index (χ1n) is 5.42. The molecule has 1 saturated carbocycles. The van der Waals surface area contributed by atoms with Crippen LogP contribution in [-0.4, -0.2) is 12.4 Å². The Morgan fingerprint density at radius 2 is 2.24 bits per heavy atom. The maximum Gasteiger partial charge on any atom is 0.142 e. The SMILES string of the molecule is N=C(N)CC1(COc2ccc(F)c(Cl)c2)CC1. The van der Waals surface area contributed by atoms with Crippen molar-refractivity contribution in [3.05, 3.63) is 29.0 Å². The Morgan fingerprint density at radius 1 is 1.53 bits per heavy atom. The molecule has 3 nitrogen and oxygen atoms in total. The van der Waals surface area contributed by atoms with Gasteiger partial charge >= 0.3 is 0 Å². The van der Waals surface area contributed by atoms with Crippen LogP contribution in [0.2, 0.25) is 5.02 Å². The van der Waals surface area contributed by atoms with E-state index in [4.69, 9.17) is 27.5 Å². The van der Waals surface area contributed by atoms with E-state index in [1.54, 1.807) is 6.07 Å². The lowest BCUT2D eigenvalue weighted by molar-refractivity contribution is 0.238. The first-order valence-corrected chi connectivity index (χ1v) is 5.79. The van der Waals surface area contributed by atoms with Gasteiger partial charge in [-0.25, -0.2) is 4.39 Å². The standard InChI is InChI=1S/C12H14ClFN2O/c13-9-5-8(1-2-10(9)14)17-7-12(3-4-12)6-11(15)16/h1-2,5H,3-4,6-7H2,(H3,15,16). The van der Waals surface area contributed by atoms with E-state index in [0.717, 1.165) is 12.8 Å². The van der Waals surface area contributed by atoms with E-state index in [0.29, 0.717) is 18.8 Å². The summed E-state index contributed by atoms with van der Waals surface area (Å²) in [5.74, 6) is 0.276. The van der Waals surface area contributed by atoms with E-state index in [1.807, 2.05) is 0 Å². The average Bonchev–Trinajstić information content (AvgIpc) is 2.99. The molecule has 1 fully saturated rings. The molecule has 0 aliphatic heterocycles. The molecule has 3 N–H and O–H groups in total. The van der Waals surface area contributed by atoms with E-state index in [-0.39, 0.29) is 16.3 Å². The third-order valence-electron chi connectivity index (χ3n) is 2.96. The average molecular weight is 257 g/mol. The van der Waals surface area contributed by atoms with Crippen molar-refractivity contribution in [2.75, 3.05) is 6.61 Å². The predicted molar refractivity (Wildman–Crippen MR) is 65.1 cm³/mol. The minimum absolute atomic E-state index is 0.00664. The van der Waals surface area contributed by atoms with E-state index < -0.39 is 5.82 Å². The Balaban J connectivity index is 1.94. The molecular weight excluding hydrogens is 243 g/mol. The van der Waals surface area contributed by atoms with Gasteiger partial charge in [-0.1, -0.05) is 11.6 Å². The summed E-state index contributed by atoms with van der Waals surface area (Å²) in [7, 11) is 0. The van der Waals surface area contributed by atoms with Crippen LogP contribution in [0, 0.1) is 16.6 Å². The Morgan fingerprint density at radius 3 is 2.76 bits per heavy atom. The fraction of sp³-hybridized carbons (Fsp3) is 0.417. The second-order valence-electron chi connectivity index (χ2n) is 4.57. The number of halogens is 2. The molecule has 17 heavy (non-hydrogen) atoms. The van der Waals surface area contributed by atoms with Gasteiger partial charge in [0.2, 0.25) is 0 Å². The molecule has 0 aromatic heterocycles. The number of nitrogens with one attached hydrogen (secondary N) is 1. The highest BCUT2D eigenvalue weighted by atomic mass is 35.5. The maximum absolute atomic E-state index is 12.9. The molecule has 0 heterocycles. The molecule has 0 atom stereocenters. The molecule has 0 bridgehead atoms. The number of hydrogen-bond donors (Lipinski definition) is 2. The number of hydrogen-bond acceptors (Lipinski definition) is 2. The molecule has 0 unspecified atom stereocenters. The Labute approximate surface area is 104 Å². The number of amidine groups is 1. The normalized spacial score (nSPS) is 16.6. The molecule has 1 aromatic rings. The molecular formula is C12H14ClFN2O. The Kier molecular flexibility index (Phi) is 3.24. The second-order valence-corrected chi connectivity index (χ2v) is 4.97. The number of benzene rings is 1. The third-order valence-corrected chi connectivity index (χ3v) is 3.25. The van der Waals surface area contributed by atoms with Crippen LogP contribution in [0.5, 0.6) is 5.75 Å². The third kappa shape index (κ3) is 3.09. The van der Waals surface area contributed by atoms with Gasteiger partial charge in [0, 0.05) is 17.9 Å². The van der Waals surface area contributed by atoms with Crippen molar-refractivity contribution in [1.82, 2.24) is 0 Å². The number of nitrogens with two attached hydrogens (primary N) is 1. The summed E-state index contributed by atoms with van der Waals surface area (Å²) < 4.78 is 18.5. The van der Waals surface area contributed by atoms with Crippen molar-refractivity contribution in [3.8, 4) is 5.75 Å². The second kappa shape index (κ2) is 4.53. The summed E-state index contributed by atoms with van der Waals surface area (Å²) in [5.41, 5.74) is 5.40. The molecule has 0 saturated heterocycles. The molecule has 0 amide bonds. The van der Waals surface area contributed by atoms with Crippen molar-refractivity contribution < 1.29 is 9.13 Å². The molecule has 1 aliphatic carbocycles. The Bertz CT molecular complexity index is 446. The molecule has 92 valence electrons. The van der Waals surface area contributed by atoms with Gasteiger partial charge in [-0.3, -0.25) is 5.41 Å². The van der Waals surface area contributed by atoms with Crippen molar-refractivity contribution in [2.24, 2.45) is 11.1 Å². The van der Waals surface area contributed by atoms with Crippen LogP contribution < -0.4 is 10.5 Å². The van der Waals surface area contributed by atoms with Gasteiger partial charge in [-0.05, 0) is 25.0 Å². The molecule has 2 rings (SSSR count). The largest absolute Gasteiger partial charge is 0.493 e. The summed E-state index contributed by atoms with van der Waals surface area (Å²) in [5, 5.41) is 7.34. The monoisotopic (exact) mass is 256 g/mol. The van der Waals surface area contributed by atoms with Crippen LogP contribution in [0.15, 0.2) is 18.2 Å². The lowest BCUT2D eigenvalue weighted by Crippen LogP contribution is -2.21. The summed E-state index contributed by atoms with van der Waals surface area (Å²) in [4.78, 5) is 0. The van der Waals surface area contributed by atoms with Crippen molar-refractivity contribution in [2.45, 2.75) is 19.3 Å². The zero-order valence-electron chi connectivity index (χ0n) is 9.30. The van der Waals surface area contributed by atoms with Crippen LogP contribution in [-0.2, 0) is 0 Å². The fourth-order valence-electron chi connectivity index (χ4n) is 1.76. The van der Waals surface area contributed by atoms with Crippen LogP contribution in [0.25, 0.3) is 0 Å². The van der Waals surface area contributed by atoms with Crippen molar-refractivity contribution >= 4 is 17.4 Å². The van der Waals surface area contributed by atoms with Gasteiger partial charge in [0.05, 0.1) is 17.5 Å². The maximum atomic E-state index is 12.9. The minimum atomic E-state index is -0.455. The number of rotatable bonds is 5. The lowest BCUT2D eigenvalue weighted by Gasteiger charge is -2.15. The number of ether oxygens (including phenoxy) is 1. The van der Waals surface area contributed by atoms with Gasteiger partial charge in [0.1, 0.15) is 11.6 Å². The smallest absolute Gasteiger partial charge is 0.142 e.